The minimum absolute atomic E-state index is 0.0405. The Hall–Kier alpha value is -1.42. The van der Waals surface area contributed by atoms with Crippen molar-refractivity contribution in [1.82, 2.24) is 0 Å². The molecule has 4 nitrogen and oxygen atoms in total. The zero-order chi connectivity index (χ0) is 14.3. The molecule has 19 heavy (non-hydrogen) atoms. The second-order valence-corrected chi connectivity index (χ2v) is 4.53. The maximum Gasteiger partial charge on any atom is 0.203 e. The highest BCUT2D eigenvalue weighted by Crippen LogP contribution is 2.42. The Morgan fingerprint density at radius 2 is 1.68 bits per heavy atom. The van der Waals surface area contributed by atoms with Gasteiger partial charge in [-0.1, -0.05) is 26.2 Å². The first-order valence-electron chi connectivity index (χ1n) is 6.74. The summed E-state index contributed by atoms with van der Waals surface area (Å²) in [5.41, 5.74) is 7.22. The van der Waals surface area contributed by atoms with Crippen molar-refractivity contribution >= 4 is 0 Å². The summed E-state index contributed by atoms with van der Waals surface area (Å²) in [7, 11) is 4.84. The molecule has 0 amide bonds. The fraction of sp³-hybridized carbons (Fsp3) is 0.600. The molecule has 0 aliphatic heterocycles. The summed E-state index contributed by atoms with van der Waals surface area (Å²) in [4.78, 5) is 0. The highest BCUT2D eigenvalue weighted by atomic mass is 16.5. The lowest BCUT2D eigenvalue weighted by molar-refractivity contribution is 0.320. The summed E-state index contributed by atoms with van der Waals surface area (Å²) in [5, 5.41) is 0. The molecule has 1 rings (SSSR count). The minimum atomic E-state index is -0.0405. The number of methoxy groups -OCH3 is 3. The first-order valence-corrected chi connectivity index (χ1v) is 6.74. The van der Waals surface area contributed by atoms with Crippen LogP contribution in [0.25, 0.3) is 0 Å². The lowest BCUT2D eigenvalue weighted by Crippen LogP contribution is -2.12. The van der Waals surface area contributed by atoms with Gasteiger partial charge in [-0.05, 0) is 18.6 Å². The fourth-order valence-corrected chi connectivity index (χ4v) is 2.19. The molecule has 0 spiro atoms. The van der Waals surface area contributed by atoms with Gasteiger partial charge in [0.25, 0.3) is 0 Å². The van der Waals surface area contributed by atoms with Crippen LogP contribution in [-0.4, -0.2) is 21.3 Å². The lowest BCUT2D eigenvalue weighted by Gasteiger charge is -2.19. The topological polar surface area (TPSA) is 53.7 Å². The van der Waals surface area contributed by atoms with Gasteiger partial charge in [0.05, 0.1) is 21.3 Å². The molecule has 0 aromatic heterocycles. The van der Waals surface area contributed by atoms with Crippen molar-refractivity contribution in [2.24, 2.45) is 5.73 Å². The number of hydrogen-bond acceptors (Lipinski definition) is 4. The smallest absolute Gasteiger partial charge is 0.203 e. The van der Waals surface area contributed by atoms with Crippen molar-refractivity contribution in [2.45, 2.75) is 38.6 Å². The summed E-state index contributed by atoms with van der Waals surface area (Å²) in [6.07, 6.45) is 4.45. The first-order chi connectivity index (χ1) is 9.19. The van der Waals surface area contributed by atoms with Gasteiger partial charge >= 0.3 is 0 Å². The zero-order valence-electron chi connectivity index (χ0n) is 12.4. The van der Waals surface area contributed by atoms with Crippen LogP contribution in [0.15, 0.2) is 12.1 Å². The van der Waals surface area contributed by atoms with Gasteiger partial charge in [0.2, 0.25) is 5.75 Å². The normalized spacial score (nSPS) is 12.1. The van der Waals surface area contributed by atoms with Crippen LogP contribution in [-0.2, 0) is 0 Å². The zero-order valence-corrected chi connectivity index (χ0v) is 12.4. The molecule has 108 valence electrons. The molecule has 0 bridgehead atoms. The van der Waals surface area contributed by atoms with Crippen LogP contribution in [0.2, 0.25) is 0 Å². The Kier molecular flexibility index (Phi) is 6.50. The van der Waals surface area contributed by atoms with E-state index < -0.39 is 0 Å². The molecule has 1 aromatic rings. The molecule has 0 saturated heterocycles. The second kappa shape index (κ2) is 7.89. The van der Waals surface area contributed by atoms with Crippen molar-refractivity contribution < 1.29 is 14.2 Å². The van der Waals surface area contributed by atoms with E-state index in [9.17, 15) is 0 Å². The van der Waals surface area contributed by atoms with E-state index in [1.54, 1.807) is 21.3 Å². The van der Waals surface area contributed by atoms with Crippen LogP contribution in [0.3, 0.4) is 0 Å². The molecule has 1 aromatic carbocycles. The fourth-order valence-electron chi connectivity index (χ4n) is 2.19. The lowest BCUT2D eigenvalue weighted by atomic mass is 9.99. The number of rotatable bonds is 8. The molecular weight excluding hydrogens is 242 g/mol. The van der Waals surface area contributed by atoms with Crippen molar-refractivity contribution in [1.29, 1.82) is 0 Å². The van der Waals surface area contributed by atoms with Crippen LogP contribution < -0.4 is 19.9 Å². The van der Waals surface area contributed by atoms with Crippen LogP contribution in [0.4, 0.5) is 0 Å². The Morgan fingerprint density at radius 1 is 1.00 bits per heavy atom. The molecule has 0 fully saturated rings. The molecule has 4 heteroatoms. The van der Waals surface area contributed by atoms with Crippen LogP contribution >= 0.6 is 0 Å². The van der Waals surface area contributed by atoms with E-state index in [2.05, 4.69) is 6.92 Å². The molecule has 0 unspecified atom stereocenters. The molecule has 0 saturated carbocycles. The molecule has 0 heterocycles. The summed E-state index contributed by atoms with van der Waals surface area (Å²) in [6, 6.07) is 3.79. The van der Waals surface area contributed by atoms with Crippen LogP contribution in [0, 0.1) is 0 Å². The number of hydrogen-bond donors (Lipinski definition) is 1. The number of unbranched alkanes of at least 4 members (excludes halogenated alkanes) is 2. The quantitative estimate of drug-likeness (QED) is 0.734. The van der Waals surface area contributed by atoms with Crippen molar-refractivity contribution in [2.75, 3.05) is 21.3 Å². The number of ether oxygens (including phenoxy) is 3. The Bertz CT molecular complexity index is 393. The summed E-state index contributed by atoms with van der Waals surface area (Å²) < 4.78 is 16.1. The van der Waals surface area contributed by atoms with Crippen molar-refractivity contribution in [3.8, 4) is 17.2 Å². The standard InChI is InChI=1S/C15H25NO3/c1-5-6-7-8-12(16)11-9-10-13(17-2)15(19-4)14(11)18-3/h9-10,12H,5-8,16H2,1-4H3/t12-/m0/s1. The first kappa shape index (κ1) is 15.6. The Morgan fingerprint density at radius 3 is 2.21 bits per heavy atom. The van der Waals surface area contributed by atoms with Gasteiger partial charge in [-0.15, -0.1) is 0 Å². The molecule has 0 aliphatic carbocycles. The van der Waals surface area contributed by atoms with E-state index in [-0.39, 0.29) is 6.04 Å². The van der Waals surface area contributed by atoms with E-state index in [0.29, 0.717) is 17.2 Å². The maximum atomic E-state index is 6.25. The maximum absolute atomic E-state index is 6.25. The van der Waals surface area contributed by atoms with E-state index in [4.69, 9.17) is 19.9 Å². The van der Waals surface area contributed by atoms with Crippen LogP contribution in [0.1, 0.15) is 44.2 Å². The van der Waals surface area contributed by atoms with Crippen LogP contribution in [0.5, 0.6) is 17.2 Å². The minimum Gasteiger partial charge on any atom is -0.493 e. The second-order valence-electron chi connectivity index (χ2n) is 4.53. The molecule has 0 aliphatic rings. The molecular formula is C15H25NO3. The number of benzene rings is 1. The van der Waals surface area contributed by atoms with Crippen molar-refractivity contribution in [3.63, 3.8) is 0 Å². The Balaban J connectivity index is 2.99. The van der Waals surface area contributed by atoms with E-state index in [1.165, 1.54) is 12.8 Å². The summed E-state index contributed by atoms with van der Waals surface area (Å²) in [6.45, 7) is 2.18. The average Bonchev–Trinajstić information content (AvgIpc) is 2.45. The highest BCUT2D eigenvalue weighted by molar-refractivity contribution is 5.56. The van der Waals surface area contributed by atoms with Gasteiger partial charge in [0, 0.05) is 11.6 Å². The predicted octanol–water partition coefficient (Wildman–Crippen LogP) is 3.29. The largest absolute Gasteiger partial charge is 0.493 e. The third-order valence-electron chi connectivity index (χ3n) is 3.25. The van der Waals surface area contributed by atoms with Gasteiger partial charge in [0.15, 0.2) is 11.5 Å². The number of nitrogens with two attached hydrogens (primary N) is 1. The third-order valence-corrected chi connectivity index (χ3v) is 3.25. The summed E-state index contributed by atoms with van der Waals surface area (Å²) in [5.74, 6) is 1.93. The van der Waals surface area contributed by atoms with Gasteiger partial charge in [-0.2, -0.15) is 0 Å². The van der Waals surface area contributed by atoms with E-state index in [1.807, 2.05) is 12.1 Å². The van der Waals surface area contributed by atoms with Gasteiger partial charge in [-0.25, -0.2) is 0 Å². The average molecular weight is 267 g/mol. The molecule has 0 radical (unpaired) electrons. The van der Waals surface area contributed by atoms with Gasteiger partial charge in [-0.3, -0.25) is 0 Å². The van der Waals surface area contributed by atoms with E-state index >= 15 is 0 Å². The van der Waals surface area contributed by atoms with Crippen molar-refractivity contribution in [3.05, 3.63) is 17.7 Å². The highest BCUT2D eigenvalue weighted by Gasteiger charge is 2.19. The van der Waals surface area contributed by atoms with E-state index in [0.717, 1.165) is 18.4 Å². The molecule has 1 atom stereocenters. The molecule has 2 N–H and O–H groups in total. The Labute approximate surface area is 115 Å². The third kappa shape index (κ3) is 3.77. The monoisotopic (exact) mass is 267 g/mol. The predicted molar refractivity (Wildman–Crippen MR) is 77.2 cm³/mol. The van der Waals surface area contributed by atoms with Gasteiger partial charge < -0.3 is 19.9 Å². The summed E-state index contributed by atoms with van der Waals surface area (Å²) >= 11 is 0. The SMILES string of the molecule is CCCCC[C@H](N)c1ccc(OC)c(OC)c1OC. The van der Waals surface area contributed by atoms with Gasteiger partial charge in [0.1, 0.15) is 0 Å².